The number of aryl methyl sites for hydroxylation is 1. The minimum Gasteiger partial charge on any atom is -0.493 e. The molecule has 0 spiro atoms. The summed E-state index contributed by atoms with van der Waals surface area (Å²) in [5.74, 6) is 1.33. The summed E-state index contributed by atoms with van der Waals surface area (Å²) in [7, 11) is 1.57. The van der Waals surface area contributed by atoms with Crippen LogP contribution in [0.4, 0.5) is 10.6 Å². The molecule has 0 unspecified atom stereocenters. The number of rotatable bonds is 7. The molecule has 0 saturated heterocycles. The van der Waals surface area contributed by atoms with Crippen molar-refractivity contribution < 1.29 is 23.8 Å². The number of amides is 2. The van der Waals surface area contributed by atoms with Gasteiger partial charge in [-0.3, -0.25) is 4.79 Å². The van der Waals surface area contributed by atoms with Gasteiger partial charge in [0.05, 0.1) is 7.11 Å². The molecule has 2 rings (SSSR count). The van der Waals surface area contributed by atoms with E-state index in [-0.39, 0.29) is 0 Å². The van der Waals surface area contributed by atoms with Crippen LogP contribution in [0.5, 0.6) is 17.4 Å². The van der Waals surface area contributed by atoms with Crippen LogP contribution in [0.2, 0.25) is 0 Å². The average molecular weight is 415 g/mol. The van der Waals surface area contributed by atoms with Gasteiger partial charge in [-0.1, -0.05) is 25.1 Å². The van der Waals surface area contributed by atoms with Gasteiger partial charge in [0, 0.05) is 6.07 Å². The Bertz CT molecular complexity index is 893. The van der Waals surface area contributed by atoms with Gasteiger partial charge in [-0.15, -0.1) is 0 Å². The summed E-state index contributed by atoms with van der Waals surface area (Å²) < 4.78 is 16.4. The number of hydrogen-bond donors (Lipinski definition) is 2. The molecule has 0 bridgehead atoms. The van der Waals surface area contributed by atoms with Crippen molar-refractivity contribution in [1.82, 2.24) is 10.3 Å². The lowest BCUT2D eigenvalue weighted by molar-refractivity contribution is -0.118. The van der Waals surface area contributed by atoms with Gasteiger partial charge in [-0.25, -0.2) is 4.79 Å². The highest BCUT2D eigenvalue weighted by Crippen LogP contribution is 2.33. The van der Waals surface area contributed by atoms with E-state index in [1.165, 1.54) is 0 Å². The van der Waals surface area contributed by atoms with Crippen LogP contribution < -0.4 is 20.1 Å². The van der Waals surface area contributed by atoms with E-state index in [9.17, 15) is 9.59 Å². The molecule has 0 fully saturated rings. The third kappa shape index (κ3) is 6.65. The van der Waals surface area contributed by atoms with Crippen molar-refractivity contribution in [2.45, 2.75) is 52.7 Å². The molecule has 0 saturated carbocycles. The molecule has 162 valence electrons. The number of nitrogens with zero attached hydrogens (tertiary/aromatic N) is 1. The molecule has 1 heterocycles. The molecule has 0 aliphatic rings. The molecule has 0 aliphatic heterocycles. The summed E-state index contributed by atoms with van der Waals surface area (Å²) in [6, 6.07) is 9.80. The zero-order valence-electron chi connectivity index (χ0n) is 18.2. The number of hydrogen-bond acceptors (Lipinski definition) is 6. The van der Waals surface area contributed by atoms with Crippen LogP contribution in [0.15, 0.2) is 36.4 Å². The number of anilines is 1. The summed E-state index contributed by atoms with van der Waals surface area (Å²) in [4.78, 5) is 28.9. The van der Waals surface area contributed by atoms with Crippen LogP contribution in [0.25, 0.3) is 0 Å². The fourth-order valence-corrected chi connectivity index (χ4v) is 2.64. The summed E-state index contributed by atoms with van der Waals surface area (Å²) in [5, 5.41) is 5.27. The van der Waals surface area contributed by atoms with Crippen molar-refractivity contribution in [3.63, 3.8) is 0 Å². The van der Waals surface area contributed by atoms with Gasteiger partial charge in [-0.2, -0.15) is 4.98 Å². The molecule has 1 aromatic heterocycles. The summed E-state index contributed by atoms with van der Waals surface area (Å²) in [6.07, 6.45) is -0.261. The number of carbonyl (C=O) groups is 2. The van der Waals surface area contributed by atoms with Gasteiger partial charge < -0.3 is 24.8 Å². The standard InChI is InChI=1S/C22H29N3O5/c1-7-15(23-21(27)30-22(3,4)5)20(26)25-17-12-9-13-18(24-17)29-16-11-8-10-14(2)19(16)28-6/h8-13,15H,7H2,1-6H3,(H,23,27)(H,24,25,26)/t15-/m1/s1. The zero-order valence-corrected chi connectivity index (χ0v) is 18.2. The van der Waals surface area contributed by atoms with Crippen LogP contribution >= 0.6 is 0 Å². The van der Waals surface area contributed by atoms with E-state index in [0.29, 0.717) is 29.6 Å². The van der Waals surface area contributed by atoms with E-state index < -0.39 is 23.6 Å². The summed E-state index contributed by atoms with van der Waals surface area (Å²) in [6.45, 7) is 8.97. The minimum absolute atomic E-state index is 0.296. The van der Waals surface area contributed by atoms with Gasteiger partial charge in [0.1, 0.15) is 17.5 Å². The van der Waals surface area contributed by atoms with Crippen molar-refractivity contribution in [3.8, 4) is 17.4 Å². The smallest absolute Gasteiger partial charge is 0.408 e. The van der Waals surface area contributed by atoms with Crippen LogP contribution in [-0.2, 0) is 9.53 Å². The molecular weight excluding hydrogens is 386 g/mol. The van der Waals surface area contributed by atoms with Gasteiger partial charge in [0.25, 0.3) is 0 Å². The monoisotopic (exact) mass is 415 g/mol. The largest absolute Gasteiger partial charge is 0.493 e. The first kappa shape index (κ1) is 23.0. The van der Waals surface area contributed by atoms with Crippen molar-refractivity contribution in [3.05, 3.63) is 42.0 Å². The van der Waals surface area contributed by atoms with Crippen molar-refractivity contribution in [1.29, 1.82) is 0 Å². The van der Waals surface area contributed by atoms with Gasteiger partial charge >= 0.3 is 6.09 Å². The Morgan fingerprint density at radius 3 is 2.47 bits per heavy atom. The molecular formula is C22H29N3O5. The van der Waals surface area contributed by atoms with E-state index in [0.717, 1.165) is 5.56 Å². The lowest BCUT2D eigenvalue weighted by Crippen LogP contribution is -2.45. The summed E-state index contributed by atoms with van der Waals surface area (Å²) >= 11 is 0. The fraction of sp³-hybridized carbons (Fsp3) is 0.409. The number of nitrogens with one attached hydrogen (secondary N) is 2. The number of pyridine rings is 1. The number of alkyl carbamates (subject to hydrolysis) is 1. The molecule has 30 heavy (non-hydrogen) atoms. The van der Waals surface area contributed by atoms with E-state index in [2.05, 4.69) is 15.6 Å². The molecule has 8 heteroatoms. The second-order valence-electron chi connectivity index (χ2n) is 7.67. The van der Waals surface area contributed by atoms with Gasteiger partial charge in [0.15, 0.2) is 11.5 Å². The van der Waals surface area contributed by atoms with Crippen molar-refractivity contribution in [2.75, 3.05) is 12.4 Å². The lowest BCUT2D eigenvalue weighted by Gasteiger charge is -2.22. The number of methoxy groups -OCH3 is 1. The third-order valence-electron chi connectivity index (χ3n) is 3.98. The Hall–Kier alpha value is -3.29. The number of ether oxygens (including phenoxy) is 3. The van der Waals surface area contributed by atoms with E-state index in [1.54, 1.807) is 59.1 Å². The topological polar surface area (TPSA) is 98.8 Å². The predicted molar refractivity (Wildman–Crippen MR) is 114 cm³/mol. The highest BCUT2D eigenvalue weighted by Gasteiger charge is 2.23. The van der Waals surface area contributed by atoms with Crippen LogP contribution in [0.1, 0.15) is 39.7 Å². The molecule has 0 aliphatic carbocycles. The Morgan fingerprint density at radius 2 is 1.83 bits per heavy atom. The SMILES string of the molecule is CC[C@@H](NC(=O)OC(C)(C)C)C(=O)Nc1cccc(Oc2cccc(C)c2OC)n1. The van der Waals surface area contributed by atoms with E-state index in [1.807, 2.05) is 19.1 Å². The van der Waals surface area contributed by atoms with Crippen molar-refractivity contribution in [2.24, 2.45) is 0 Å². The molecule has 2 amide bonds. The maximum atomic E-state index is 12.6. The Labute approximate surface area is 176 Å². The Balaban J connectivity index is 2.08. The van der Waals surface area contributed by atoms with Gasteiger partial charge in [-0.05, 0) is 51.8 Å². The number of carbonyl (C=O) groups excluding carboxylic acids is 2. The van der Waals surface area contributed by atoms with Gasteiger partial charge in [0.2, 0.25) is 11.8 Å². The fourth-order valence-electron chi connectivity index (χ4n) is 2.64. The molecule has 1 atom stereocenters. The molecule has 2 N–H and O–H groups in total. The number of para-hydroxylation sites is 1. The maximum absolute atomic E-state index is 12.6. The minimum atomic E-state index is -0.761. The first-order valence-electron chi connectivity index (χ1n) is 9.72. The Kier molecular flexibility index (Phi) is 7.63. The first-order valence-corrected chi connectivity index (χ1v) is 9.72. The first-order chi connectivity index (χ1) is 14.1. The third-order valence-corrected chi connectivity index (χ3v) is 3.98. The Morgan fingerprint density at radius 1 is 1.13 bits per heavy atom. The lowest BCUT2D eigenvalue weighted by atomic mass is 10.2. The van der Waals surface area contributed by atoms with E-state index >= 15 is 0 Å². The highest BCUT2D eigenvalue weighted by molar-refractivity contribution is 5.95. The number of aromatic nitrogens is 1. The summed E-state index contributed by atoms with van der Waals surface area (Å²) in [5.41, 5.74) is 0.279. The van der Waals surface area contributed by atoms with Crippen LogP contribution in [0.3, 0.4) is 0 Å². The molecule has 2 aromatic rings. The van der Waals surface area contributed by atoms with Crippen molar-refractivity contribution >= 4 is 17.8 Å². The zero-order chi connectivity index (χ0) is 22.3. The normalized spacial score (nSPS) is 11.9. The quantitative estimate of drug-likeness (QED) is 0.694. The maximum Gasteiger partial charge on any atom is 0.408 e. The average Bonchev–Trinajstić information content (AvgIpc) is 2.65. The molecule has 1 aromatic carbocycles. The van der Waals surface area contributed by atoms with Crippen LogP contribution in [-0.4, -0.2) is 35.7 Å². The second kappa shape index (κ2) is 9.96. The predicted octanol–water partition coefficient (Wildman–Crippen LogP) is 4.43. The highest BCUT2D eigenvalue weighted by atomic mass is 16.6. The molecule has 8 nitrogen and oxygen atoms in total. The second-order valence-corrected chi connectivity index (χ2v) is 7.67. The molecule has 0 radical (unpaired) electrons. The van der Waals surface area contributed by atoms with E-state index in [4.69, 9.17) is 14.2 Å². The number of benzene rings is 1. The van der Waals surface area contributed by atoms with Crippen LogP contribution in [0, 0.1) is 6.92 Å².